The molecule has 336 valence electrons. The zero-order valence-corrected chi connectivity index (χ0v) is 40.7. The molecule has 67 heavy (non-hydrogen) atoms. The quantitative estimate of drug-likeness (QED) is 0.142. The maximum Gasteiger partial charge on any atom is 0.137 e. The van der Waals surface area contributed by atoms with Crippen LogP contribution in [0.2, 0.25) is 0 Å². The molecule has 2 aromatic heterocycles. The molecule has 0 fully saturated rings. The molecule has 0 bridgehead atoms. The third kappa shape index (κ3) is 8.05. The van der Waals surface area contributed by atoms with Crippen LogP contribution in [0.25, 0.3) is 27.6 Å². The fourth-order valence-corrected chi connectivity index (χ4v) is 9.82. The van der Waals surface area contributed by atoms with E-state index in [9.17, 15) is 0 Å². The number of anilines is 4. The average Bonchev–Trinajstić information content (AvgIpc) is 3.87. The third-order valence-corrected chi connectivity index (χ3v) is 13.9. The van der Waals surface area contributed by atoms with Crippen LogP contribution in [0.3, 0.4) is 0 Å². The van der Waals surface area contributed by atoms with Gasteiger partial charge in [0.15, 0.2) is 0 Å². The lowest BCUT2D eigenvalue weighted by Crippen LogP contribution is -2.27. The Morgan fingerprint density at radius 1 is 0.403 bits per heavy atom. The first-order valence-electron chi connectivity index (χ1n) is 23.7. The van der Waals surface area contributed by atoms with E-state index in [1.807, 2.05) is 6.20 Å². The maximum atomic E-state index is 7.19. The summed E-state index contributed by atoms with van der Waals surface area (Å²) in [4.78, 5) is 9.89. The SMILES string of the molecule is CC(C)(C)c1cc(N2CN(c3cc(Oc4ccc5c6ccccc6n(-c6cc(C(C)(C)C)ccn6)c5c4)cc(C(C)(c4ccccc4)c4ccccc4)c3)c3ccccc32)cc(C(C)(C)C)c1. The summed E-state index contributed by atoms with van der Waals surface area (Å²) in [6.07, 6.45) is 1.93. The lowest BCUT2D eigenvalue weighted by atomic mass is 9.71. The Kier molecular flexibility index (Phi) is 10.7. The van der Waals surface area contributed by atoms with Gasteiger partial charge in [0.2, 0.25) is 0 Å². The van der Waals surface area contributed by atoms with E-state index in [1.54, 1.807) is 0 Å². The Bertz CT molecular complexity index is 3200. The van der Waals surface area contributed by atoms with Crippen LogP contribution in [-0.4, -0.2) is 16.2 Å². The standard InChI is InChI=1S/C62H62N4O/c1-59(2,3)44-31-32-63-58(38-44)66-54-26-18-17-25-52(54)53-30-29-50(40-57(53)66)67-51-37-47(62(10,42-21-13-11-14-22-42)43-23-15-12-16-24-43)36-49(39-51)65-41-64(55-27-19-20-28-56(55)65)48-34-45(60(4,5)6)33-46(35-48)61(7,8)9/h11-40H,41H2,1-10H3. The highest BCUT2D eigenvalue weighted by Crippen LogP contribution is 2.49. The van der Waals surface area contributed by atoms with Crippen molar-refractivity contribution in [3.63, 3.8) is 0 Å². The predicted octanol–water partition coefficient (Wildman–Crippen LogP) is 16.5. The minimum absolute atomic E-state index is 0.0147. The number of hydrogen-bond donors (Lipinski definition) is 0. The normalized spacial score (nSPS) is 13.4. The van der Waals surface area contributed by atoms with Crippen molar-refractivity contribution in [1.82, 2.24) is 9.55 Å². The first-order chi connectivity index (χ1) is 32.0. The van der Waals surface area contributed by atoms with Crippen LogP contribution in [0.15, 0.2) is 182 Å². The van der Waals surface area contributed by atoms with E-state index in [-0.39, 0.29) is 16.2 Å². The molecule has 0 saturated carbocycles. The smallest absolute Gasteiger partial charge is 0.137 e. The predicted molar refractivity (Wildman–Crippen MR) is 282 cm³/mol. The van der Waals surface area contributed by atoms with Gasteiger partial charge in [0, 0.05) is 45.9 Å². The largest absolute Gasteiger partial charge is 0.457 e. The van der Waals surface area contributed by atoms with E-state index in [0.717, 1.165) is 50.7 Å². The first kappa shape index (κ1) is 43.8. The van der Waals surface area contributed by atoms with E-state index >= 15 is 0 Å². The Labute approximate surface area is 397 Å². The monoisotopic (exact) mass is 878 g/mol. The second-order valence-electron chi connectivity index (χ2n) is 21.6. The summed E-state index contributed by atoms with van der Waals surface area (Å²) in [5.41, 5.74) is 13.6. The lowest BCUT2D eigenvalue weighted by molar-refractivity contribution is 0.481. The molecule has 9 aromatic rings. The van der Waals surface area contributed by atoms with E-state index in [2.05, 4.69) is 260 Å². The van der Waals surface area contributed by atoms with Crippen molar-refractivity contribution in [3.05, 3.63) is 216 Å². The topological polar surface area (TPSA) is 33.5 Å². The number of hydrogen-bond acceptors (Lipinski definition) is 4. The molecule has 0 atom stereocenters. The average molecular weight is 879 g/mol. The van der Waals surface area contributed by atoms with Gasteiger partial charge in [-0.05, 0) is 123 Å². The lowest BCUT2D eigenvalue weighted by Gasteiger charge is -2.33. The van der Waals surface area contributed by atoms with E-state index in [1.165, 1.54) is 44.6 Å². The van der Waals surface area contributed by atoms with Crippen LogP contribution >= 0.6 is 0 Å². The van der Waals surface area contributed by atoms with Gasteiger partial charge in [-0.1, -0.05) is 159 Å². The fourth-order valence-electron chi connectivity index (χ4n) is 9.82. The molecule has 7 aromatic carbocycles. The zero-order chi connectivity index (χ0) is 46.9. The number of fused-ring (bicyclic) bond motifs is 4. The molecular formula is C62H62N4O. The molecule has 5 heteroatoms. The van der Waals surface area contributed by atoms with Gasteiger partial charge in [0.1, 0.15) is 24.0 Å². The second-order valence-corrected chi connectivity index (χ2v) is 21.6. The van der Waals surface area contributed by atoms with Crippen molar-refractivity contribution < 1.29 is 4.74 Å². The highest BCUT2D eigenvalue weighted by molar-refractivity contribution is 6.09. The van der Waals surface area contributed by atoms with Crippen molar-refractivity contribution in [2.45, 2.75) is 90.9 Å². The zero-order valence-electron chi connectivity index (χ0n) is 40.7. The van der Waals surface area contributed by atoms with Gasteiger partial charge in [-0.3, -0.25) is 4.57 Å². The molecule has 1 aliphatic rings. The van der Waals surface area contributed by atoms with Crippen LogP contribution in [0.4, 0.5) is 22.7 Å². The number of pyridine rings is 1. The fraction of sp³-hybridized carbons (Fsp3) is 0.242. The van der Waals surface area contributed by atoms with Crippen LogP contribution in [0, 0.1) is 0 Å². The van der Waals surface area contributed by atoms with Gasteiger partial charge < -0.3 is 14.5 Å². The maximum absolute atomic E-state index is 7.19. The van der Waals surface area contributed by atoms with Crippen molar-refractivity contribution in [2.24, 2.45) is 0 Å². The molecule has 3 heterocycles. The van der Waals surface area contributed by atoms with Crippen molar-refractivity contribution >= 4 is 44.6 Å². The molecule has 0 aliphatic carbocycles. The summed E-state index contributed by atoms with van der Waals surface area (Å²) in [6.45, 7) is 23.6. The number of aromatic nitrogens is 2. The Hall–Kier alpha value is -7.11. The molecule has 0 spiro atoms. The minimum atomic E-state index is -0.516. The van der Waals surface area contributed by atoms with E-state index in [4.69, 9.17) is 9.72 Å². The summed E-state index contributed by atoms with van der Waals surface area (Å²) in [5, 5.41) is 2.33. The third-order valence-electron chi connectivity index (χ3n) is 13.9. The minimum Gasteiger partial charge on any atom is -0.457 e. The molecule has 0 radical (unpaired) electrons. The molecule has 0 N–H and O–H groups in total. The number of rotatable bonds is 8. The van der Waals surface area contributed by atoms with Gasteiger partial charge in [0.25, 0.3) is 0 Å². The van der Waals surface area contributed by atoms with Crippen molar-refractivity contribution in [2.75, 3.05) is 16.5 Å². The summed E-state index contributed by atoms with van der Waals surface area (Å²) < 4.78 is 9.47. The van der Waals surface area contributed by atoms with Gasteiger partial charge in [0.05, 0.1) is 22.4 Å². The number of para-hydroxylation sites is 3. The van der Waals surface area contributed by atoms with Gasteiger partial charge in [-0.25, -0.2) is 4.98 Å². The molecule has 0 amide bonds. The van der Waals surface area contributed by atoms with Crippen molar-refractivity contribution in [1.29, 1.82) is 0 Å². The van der Waals surface area contributed by atoms with Crippen LogP contribution < -0.4 is 14.5 Å². The van der Waals surface area contributed by atoms with E-state index < -0.39 is 5.41 Å². The molecule has 0 saturated heterocycles. The number of benzene rings is 7. The Balaban J connectivity index is 1.15. The van der Waals surface area contributed by atoms with Crippen LogP contribution in [0.1, 0.15) is 103 Å². The van der Waals surface area contributed by atoms with Gasteiger partial charge >= 0.3 is 0 Å². The molecule has 0 unspecified atom stereocenters. The Morgan fingerprint density at radius 2 is 0.925 bits per heavy atom. The molecule has 5 nitrogen and oxygen atoms in total. The van der Waals surface area contributed by atoms with Crippen LogP contribution in [0.5, 0.6) is 11.5 Å². The number of nitrogens with zero attached hydrogens (tertiary/aromatic N) is 4. The van der Waals surface area contributed by atoms with E-state index in [0.29, 0.717) is 6.67 Å². The van der Waals surface area contributed by atoms with Gasteiger partial charge in [-0.15, -0.1) is 0 Å². The molecule has 10 rings (SSSR count). The summed E-state index contributed by atoms with van der Waals surface area (Å²) in [7, 11) is 0. The van der Waals surface area contributed by atoms with Gasteiger partial charge in [-0.2, -0.15) is 0 Å². The number of ether oxygens (including phenoxy) is 1. The second kappa shape index (κ2) is 16.3. The molecular weight excluding hydrogens is 817 g/mol. The highest BCUT2D eigenvalue weighted by atomic mass is 16.5. The summed E-state index contributed by atoms with van der Waals surface area (Å²) in [5.74, 6) is 2.41. The summed E-state index contributed by atoms with van der Waals surface area (Å²) >= 11 is 0. The first-order valence-corrected chi connectivity index (χ1v) is 23.7. The highest BCUT2D eigenvalue weighted by Gasteiger charge is 2.35. The Morgan fingerprint density at radius 3 is 1.52 bits per heavy atom. The van der Waals surface area contributed by atoms with Crippen LogP contribution in [-0.2, 0) is 21.7 Å². The summed E-state index contributed by atoms with van der Waals surface area (Å²) in [6, 6.07) is 64.1. The molecule has 1 aliphatic heterocycles. The van der Waals surface area contributed by atoms with Crippen molar-refractivity contribution in [3.8, 4) is 17.3 Å².